The standard InChI is InChI=1S/C21H23F3N2O5/c1-11(14-7-5-6-8-15(14)21(22,23)24)12(2)26(13(3)20(29)30)19(28)17-18(27)16(31-4)9-10-25-17/h5-13,27H,1-4H3,(H,29,30). The predicted octanol–water partition coefficient (Wildman–Crippen LogP) is 3.92. The van der Waals surface area contributed by atoms with Gasteiger partial charge in [-0.25, -0.2) is 9.78 Å². The first-order valence-corrected chi connectivity index (χ1v) is 9.35. The van der Waals surface area contributed by atoms with Crippen molar-refractivity contribution in [3.63, 3.8) is 0 Å². The minimum absolute atomic E-state index is 0.0515. The van der Waals surface area contributed by atoms with E-state index in [-0.39, 0.29) is 11.3 Å². The van der Waals surface area contributed by atoms with Crippen molar-refractivity contribution in [2.75, 3.05) is 7.11 Å². The van der Waals surface area contributed by atoms with E-state index < -0.39 is 53.1 Å². The summed E-state index contributed by atoms with van der Waals surface area (Å²) in [6.45, 7) is 4.16. The van der Waals surface area contributed by atoms with Gasteiger partial charge in [0.15, 0.2) is 17.2 Å². The number of aromatic hydroxyl groups is 1. The lowest BCUT2D eigenvalue weighted by molar-refractivity contribution is -0.143. The number of methoxy groups -OCH3 is 1. The van der Waals surface area contributed by atoms with Gasteiger partial charge in [0.1, 0.15) is 6.04 Å². The Hall–Kier alpha value is -3.30. The van der Waals surface area contributed by atoms with E-state index in [1.54, 1.807) is 0 Å². The number of nitrogens with zero attached hydrogens (tertiary/aromatic N) is 2. The minimum Gasteiger partial charge on any atom is -0.503 e. The van der Waals surface area contributed by atoms with Gasteiger partial charge >= 0.3 is 12.1 Å². The molecule has 0 saturated heterocycles. The third-order valence-electron chi connectivity index (χ3n) is 5.24. The molecule has 1 amide bonds. The second-order valence-corrected chi connectivity index (χ2v) is 7.05. The average Bonchev–Trinajstić information content (AvgIpc) is 2.72. The summed E-state index contributed by atoms with van der Waals surface area (Å²) in [5, 5.41) is 19.8. The zero-order chi connectivity index (χ0) is 23.5. The topological polar surface area (TPSA) is 100.0 Å². The third-order valence-corrected chi connectivity index (χ3v) is 5.24. The van der Waals surface area contributed by atoms with Crippen LogP contribution < -0.4 is 4.74 Å². The molecule has 0 aliphatic rings. The second kappa shape index (κ2) is 9.23. The molecule has 7 nitrogen and oxygen atoms in total. The number of ether oxygens (including phenoxy) is 1. The molecular weight excluding hydrogens is 417 g/mol. The van der Waals surface area contributed by atoms with E-state index in [0.717, 1.165) is 11.0 Å². The molecule has 168 valence electrons. The molecule has 31 heavy (non-hydrogen) atoms. The van der Waals surface area contributed by atoms with Crippen LogP contribution in [0.25, 0.3) is 0 Å². The number of alkyl halides is 3. The summed E-state index contributed by atoms with van der Waals surface area (Å²) in [6.07, 6.45) is -3.42. The van der Waals surface area contributed by atoms with Crippen LogP contribution in [0.15, 0.2) is 36.5 Å². The number of carbonyl (C=O) groups excluding carboxylic acids is 1. The number of carbonyl (C=O) groups is 2. The highest BCUT2D eigenvalue weighted by atomic mass is 19.4. The lowest BCUT2D eigenvalue weighted by Gasteiger charge is -2.36. The van der Waals surface area contributed by atoms with Gasteiger partial charge in [0.25, 0.3) is 5.91 Å². The van der Waals surface area contributed by atoms with Gasteiger partial charge in [0.2, 0.25) is 0 Å². The first-order chi connectivity index (χ1) is 14.4. The van der Waals surface area contributed by atoms with Gasteiger partial charge < -0.3 is 19.8 Å². The maximum Gasteiger partial charge on any atom is 0.416 e. The Kier molecular flexibility index (Phi) is 7.14. The Balaban J connectivity index is 2.55. The molecule has 3 atom stereocenters. The Bertz CT molecular complexity index is 964. The summed E-state index contributed by atoms with van der Waals surface area (Å²) in [5.41, 5.74) is -1.41. The molecule has 0 saturated carbocycles. The Morgan fingerprint density at radius 1 is 1.13 bits per heavy atom. The van der Waals surface area contributed by atoms with Crippen LogP contribution in [0, 0.1) is 0 Å². The first kappa shape index (κ1) is 24.0. The van der Waals surface area contributed by atoms with Gasteiger partial charge in [0.05, 0.1) is 12.7 Å². The van der Waals surface area contributed by atoms with Gasteiger partial charge in [0, 0.05) is 24.2 Å². The molecule has 0 fully saturated rings. The molecule has 0 radical (unpaired) electrons. The van der Waals surface area contributed by atoms with Crippen molar-refractivity contribution in [3.8, 4) is 11.5 Å². The summed E-state index contributed by atoms with van der Waals surface area (Å²) in [5.74, 6) is -3.84. The van der Waals surface area contributed by atoms with E-state index in [0.29, 0.717) is 0 Å². The number of aliphatic carboxylic acids is 1. The fourth-order valence-corrected chi connectivity index (χ4v) is 3.37. The summed E-state index contributed by atoms with van der Waals surface area (Å²) in [4.78, 5) is 29.6. The number of rotatable bonds is 7. The molecule has 3 unspecified atom stereocenters. The van der Waals surface area contributed by atoms with Crippen molar-refractivity contribution in [3.05, 3.63) is 53.3 Å². The average molecular weight is 440 g/mol. The van der Waals surface area contributed by atoms with E-state index in [9.17, 15) is 33.0 Å². The number of benzene rings is 1. The smallest absolute Gasteiger partial charge is 0.416 e. The van der Waals surface area contributed by atoms with Gasteiger partial charge in [-0.15, -0.1) is 0 Å². The SMILES string of the molecule is COc1ccnc(C(=O)N(C(C)C(=O)O)C(C)C(C)c2ccccc2C(F)(F)F)c1O. The molecule has 0 aliphatic carbocycles. The Morgan fingerprint density at radius 3 is 2.29 bits per heavy atom. The van der Waals surface area contributed by atoms with E-state index >= 15 is 0 Å². The predicted molar refractivity (Wildman–Crippen MR) is 105 cm³/mol. The van der Waals surface area contributed by atoms with E-state index in [1.807, 2.05) is 0 Å². The van der Waals surface area contributed by atoms with Crippen molar-refractivity contribution in [2.45, 2.75) is 44.9 Å². The highest BCUT2D eigenvalue weighted by molar-refractivity contribution is 5.98. The van der Waals surface area contributed by atoms with Crippen LogP contribution in [0.5, 0.6) is 11.5 Å². The number of pyridine rings is 1. The van der Waals surface area contributed by atoms with E-state index in [2.05, 4.69) is 4.98 Å². The molecule has 2 rings (SSSR count). The van der Waals surface area contributed by atoms with Crippen molar-refractivity contribution < 1.29 is 37.7 Å². The number of carboxylic acid groups (broad SMARTS) is 1. The highest BCUT2D eigenvalue weighted by Gasteiger charge is 2.39. The molecule has 2 aromatic rings. The van der Waals surface area contributed by atoms with Crippen LogP contribution in [-0.4, -0.2) is 51.2 Å². The fraction of sp³-hybridized carbons (Fsp3) is 0.381. The maximum absolute atomic E-state index is 13.5. The van der Waals surface area contributed by atoms with Crippen molar-refractivity contribution in [2.24, 2.45) is 0 Å². The monoisotopic (exact) mass is 440 g/mol. The molecule has 10 heteroatoms. The number of aromatic nitrogens is 1. The van der Waals surface area contributed by atoms with Gasteiger partial charge in [-0.2, -0.15) is 13.2 Å². The Morgan fingerprint density at radius 2 is 1.74 bits per heavy atom. The van der Waals surface area contributed by atoms with Crippen LogP contribution in [0.1, 0.15) is 48.3 Å². The van der Waals surface area contributed by atoms with E-state index in [1.165, 1.54) is 58.3 Å². The zero-order valence-electron chi connectivity index (χ0n) is 17.3. The molecule has 0 spiro atoms. The second-order valence-electron chi connectivity index (χ2n) is 7.05. The van der Waals surface area contributed by atoms with Gasteiger partial charge in [-0.05, 0) is 25.5 Å². The summed E-state index contributed by atoms with van der Waals surface area (Å²) in [7, 11) is 1.26. The summed E-state index contributed by atoms with van der Waals surface area (Å²) in [6, 6.07) is 3.83. The number of hydrogen-bond acceptors (Lipinski definition) is 5. The van der Waals surface area contributed by atoms with Crippen LogP contribution in [0.4, 0.5) is 13.2 Å². The van der Waals surface area contributed by atoms with E-state index in [4.69, 9.17) is 4.74 Å². The molecule has 1 aromatic carbocycles. The third kappa shape index (κ3) is 4.89. The van der Waals surface area contributed by atoms with Crippen LogP contribution in [-0.2, 0) is 11.0 Å². The quantitative estimate of drug-likeness (QED) is 0.677. The van der Waals surface area contributed by atoms with Crippen molar-refractivity contribution in [1.29, 1.82) is 0 Å². The van der Waals surface area contributed by atoms with Gasteiger partial charge in [-0.3, -0.25) is 4.79 Å². The number of amides is 1. The summed E-state index contributed by atoms with van der Waals surface area (Å²) >= 11 is 0. The van der Waals surface area contributed by atoms with Crippen LogP contribution in [0.3, 0.4) is 0 Å². The largest absolute Gasteiger partial charge is 0.503 e. The van der Waals surface area contributed by atoms with Crippen LogP contribution >= 0.6 is 0 Å². The molecule has 0 aliphatic heterocycles. The molecule has 2 N–H and O–H groups in total. The molecular formula is C21H23F3N2O5. The van der Waals surface area contributed by atoms with Crippen molar-refractivity contribution in [1.82, 2.24) is 9.88 Å². The van der Waals surface area contributed by atoms with Gasteiger partial charge in [-0.1, -0.05) is 25.1 Å². The summed E-state index contributed by atoms with van der Waals surface area (Å²) < 4.78 is 45.4. The lowest BCUT2D eigenvalue weighted by atomic mass is 9.88. The van der Waals surface area contributed by atoms with Crippen LogP contribution in [0.2, 0.25) is 0 Å². The van der Waals surface area contributed by atoms with Crippen molar-refractivity contribution >= 4 is 11.9 Å². The molecule has 1 aromatic heterocycles. The number of halogens is 3. The minimum atomic E-state index is -4.62. The Labute approximate surface area is 177 Å². The number of carboxylic acids is 1. The first-order valence-electron chi connectivity index (χ1n) is 9.35. The lowest BCUT2D eigenvalue weighted by Crippen LogP contribution is -2.50. The normalized spacial score (nSPS) is 14.4. The molecule has 0 bridgehead atoms. The highest BCUT2D eigenvalue weighted by Crippen LogP contribution is 2.38. The fourth-order valence-electron chi connectivity index (χ4n) is 3.37. The number of hydrogen-bond donors (Lipinski definition) is 2. The molecule has 1 heterocycles. The maximum atomic E-state index is 13.5. The zero-order valence-corrected chi connectivity index (χ0v) is 17.3.